The Hall–Kier alpha value is -0.370. The van der Waals surface area contributed by atoms with Gasteiger partial charge in [0.1, 0.15) is 0 Å². The van der Waals surface area contributed by atoms with Gasteiger partial charge in [-0.1, -0.05) is 38.5 Å². The molecule has 0 spiro atoms. The van der Waals surface area contributed by atoms with Gasteiger partial charge < -0.3 is 20.3 Å². The van der Waals surface area contributed by atoms with Crippen LogP contribution in [0.1, 0.15) is 64.2 Å². The summed E-state index contributed by atoms with van der Waals surface area (Å²) >= 11 is 14.2. The van der Waals surface area contributed by atoms with Crippen molar-refractivity contribution in [3.8, 4) is 0 Å². The van der Waals surface area contributed by atoms with Crippen molar-refractivity contribution in [1.29, 1.82) is 0 Å². The topological polar surface area (TPSA) is 59.4 Å². The maximum atomic E-state index is 4.72. The lowest BCUT2D eigenvalue weighted by Crippen LogP contribution is -2.40. The number of aromatic nitrogens is 3. The first-order chi connectivity index (χ1) is 10.6. The standard InChI is InChI=1S/C12H23N.C3H3N3S3/c1-3-7-11(8-4-1)13-12-9-5-2-6-10-12;7-1-4-2(8)6-3(9)5-1/h11-13H,1-10H2;(H3,4,5,6,7,8,9). The first-order valence-electron chi connectivity index (χ1n) is 8.32. The summed E-state index contributed by atoms with van der Waals surface area (Å²) in [6, 6.07) is 1.74. The van der Waals surface area contributed by atoms with Crippen molar-refractivity contribution in [3.63, 3.8) is 0 Å². The molecule has 22 heavy (non-hydrogen) atoms. The summed E-state index contributed by atoms with van der Waals surface area (Å²) in [6.45, 7) is 0. The van der Waals surface area contributed by atoms with E-state index in [1.165, 1.54) is 64.2 Å². The van der Waals surface area contributed by atoms with Gasteiger partial charge in [0.2, 0.25) is 0 Å². The van der Waals surface area contributed by atoms with Crippen LogP contribution in [-0.2, 0) is 0 Å². The molecule has 0 radical (unpaired) electrons. The summed E-state index contributed by atoms with van der Waals surface area (Å²) in [4.78, 5) is 7.99. The second-order valence-electron chi connectivity index (χ2n) is 6.20. The molecule has 0 aromatic carbocycles. The minimum absolute atomic E-state index is 0.448. The van der Waals surface area contributed by atoms with E-state index in [-0.39, 0.29) is 0 Å². The molecule has 2 aliphatic rings. The predicted octanol–water partition coefficient (Wildman–Crippen LogP) is 5.10. The van der Waals surface area contributed by atoms with Crippen LogP contribution in [0.3, 0.4) is 0 Å². The average molecular weight is 359 g/mol. The first kappa shape index (κ1) is 18.0. The molecule has 0 atom stereocenters. The number of rotatable bonds is 2. The zero-order chi connectivity index (χ0) is 15.8. The number of aromatic amines is 3. The largest absolute Gasteiger partial charge is 0.311 e. The molecule has 0 amide bonds. The molecule has 1 heterocycles. The van der Waals surface area contributed by atoms with Crippen molar-refractivity contribution >= 4 is 36.7 Å². The Bertz CT molecular complexity index is 497. The van der Waals surface area contributed by atoms with Crippen molar-refractivity contribution in [1.82, 2.24) is 20.3 Å². The molecule has 4 nitrogen and oxygen atoms in total. The Morgan fingerprint density at radius 1 is 0.591 bits per heavy atom. The van der Waals surface area contributed by atoms with Crippen LogP contribution in [-0.4, -0.2) is 27.0 Å². The minimum Gasteiger partial charge on any atom is -0.311 e. The number of hydrogen-bond donors (Lipinski definition) is 4. The van der Waals surface area contributed by atoms with Gasteiger partial charge in [0.05, 0.1) is 0 Å². The Kier molecular flexibility index (Phi) is 7.92. The summed E-state index contributed by atoms with van der Waals surface area (Å²) in [5, 5.41) is 3.86. The molecule has 1 aromatic heterocycles. The van der Waals surface area contributed by atoms with Gasteiger partial charge in [-0.05, 0) is 62.3 Å². The van der Waals surface area contributed by atoms with Crippen molar-refractivity contribution in [2.45, 2.75) is 76.3 Å². The molecule has 0 bridgehead atoms. The van der Waals surface area contributed by atoms with Crippen LogP contribution in [0.5, 0.6) is 0 Å². The lowest BCUT2D eigenvalue weighted by molar-refractivity contribution is 0.291. The fraction of sp³-hybridized carbons (Fsp3) is 0.800. The van der Waals surface area contributed by atoms with Crippen molar-refractivity contribution in [3.05, 3.63) is 14.3 Å². The van der Waals surface area contributed by atoms with E-state index in [9.17, 15) is 0 Å². The zero-order valence-corrected chi connectivity index (χ0v) is 15.4. The van der Waals surface area contributed by atoms with Crippen LogP contribution in [0.4, 0.5) is 0 Å². The molecule has 3 rings (SSSR count). The van der Waals surface area contributed by atoms with E-state index in [0.717, 1.165) is 12.1 Å². The third kappa shape index (κ3) is 6.81. The van der Waals surface area contributed by atoms with Gasteiger partial charge in [0.15, 0.2) is 14.3 Å². The zero-order valence-electron chi connectivity index (χ0n) is 13.0. The van der Waals surface area contributed by atoms with Crippen molar-refractivity contribution in [2.75, 3.05) is 0 Å². The monoisotopic (exact) mass is 358 g/mol. The summed E-state index contributed by atoms with van der Waals surface area (Å²) < 4.78 is 1.34. The third-order valence-electron chi connectivity index (χ3n) is 4.36. The SMILES string of the molecule is C1CCC(NC2CCCCC2)CC1.S=c1[nH]c(=S)[nH]c(=S)[nH]1. The third-order valence-corrected chi connectivity index (χ3v) is 4.98. The molecule has 1 aromatic rings. The molecule has 0 saturated heterocycles. The van der Waals surface area contributed by atoms with Gasteiger partial charge in [-0.25, -0.2) is 0 Å². The number of nitrogens with one attached hydrogen (secondary N) is 4. The molecule has 124 valence electrons. The van der Waals surface area contributed by atoms with E-state index in [0.29, 0.717) is 14.3 Å². The van der Waals surface area contributed by atoms with Gasteiger partial charge >= 0.3 is 0 Å². The summed E-state index contributed by atoms with van der Waals surface area (Å²) in [5.74, 6) is 0. The molecule has 0 aliphatic heterocycles. The van der Waals surface area contributed by atoms with Crippen LogP contribution in [0.2, 0.25) is 0 Å². The van der Waals surface area contributed by atoms with E-state index in [2.05, 4.69) is 20.3 Å². The van der Waals surface area contributed by atoms with Crippen LogP contribution in [0.15, 0.2) is 0 Å². The second kappa shape index (κ2) is 9.70. The number of hydrogen-bond acceptors (Lipinski definition) is 4. The van der Waals surface area contributed by atoms with Crippen LogP contribution < -0.4 is 5.32 Å². The fourth-order valence-corrected chi connectivity index (χ4v) is 4.08. The normalized spacial score (nSPS) is 20.2. The molecule has 2 saturated carbocycles. The van der Waals surface area contributed by atoms with Crippen LogP contribution in [0.25, 0.3) is 0 Å². The Morgan fingerprint density at radius 3 is 1.23 bits per heavy atom. The lowest BCUT2D eigenvalue weighted by atomic mass is 9.91. The maximum absolute atomic E-state index is 4.72. The van der Waals surface area contributed by atoms with E-state index < -0.39 is 0 Å². The van der Waals surface area contributed by atoms with Gasteiger partial charge in [-0.3, -0.25) is 0 Å². The molecular formula is C15H26N4S3. The van der Waals surface area contributed by atoms with Crippen molar-refractivity contribution < 1.29 is 0 Å². The molecular weight excluding hydrogens is 332 g/mol. The molecule has 0 unspecified atom stereocenters. The maximum Gasteiger partial charge on any atom is 0.178 e. The summed E-state index contributed by atoms with van der Waals surface area (Å²) in [7, 11) is 0. The van der Waals surface area contributed by atoms with E-state index in [1.807, 2.05) is 0 Å². The van der Waals surface area contributed by atoms with E-state index in [1.54, 1.807) is 0 Å². The fourth-order valence-electron chi connectivity index (χ4n) is 3.27. The van der Waals surface area contributed by atoms with Gasteiger partial charge in [-0.15, -0.1) is 0 Å². The highest BCUT2D eigenvalue weighted by Gasteiger charge is 2.19. The smallest absolute Gasteiger partial charge is 0.178 e. The Morgan fingerprint density at radius 2 is 0.909 bits per heavy atom. The highest BCUT2D eigenvalue weighted by molar-refractivity contribution is 7.72. The van der Waals surface area contributed by atoms with Crippen molar-refractivity contribution in [2.24, 2.45) is 0 Å². The first-order valence-corrected chi connectivity index (χ1v) is 9.55. The minimum atomic E-state index is 0.448. The second-order valence-corrected chi connectivity index (χ2v) is 7.42. The Labute approximate surface area is 147 Å². The van der Waals surface area contributed by atoms with Gasteiger partial charge in [-0.2, -0.15) is 0 Å². The highest BCUT2D eigenvalue weighted by atomic mass is 32.1. The van der Waals surface area contributed by atoms with E-state index >= 15 is 0 Å². The quantitative estimate of drug-likeness (QED) is 0.556. The van der Waals surface area contributed by atoms with Crippen LogP contribution >= 0.6 is 36.7 Å². The molecule has 2 fully saturated rings. The molecule has 7 heteroatoms. The van der Waals surface area contributed by atoms with Gasteiger partial charge in [0, 0.05) is 12.1 Å². The van der Waals surface area contributed by atoms with Crippen LogP contribution in [0, 0.1) is 14.3 Å². The summed E-state index contributed by atoms with van der Waals surface area (Å²) in [5.41, 5.74) is 0. The lowest BCUT2D eigenvalue weighted by Gasteiger charge is -2.30. The number of H-pyrrole nitrogens is 3. The van der Waals surface area contributed by atoms with Gasteiger partial charge in [0.25, 0.3) is 0 Å². The summed E-state index contributed by atoms with van der Waals surface area (Å²) in [6.07, 6.45) is 14.6. The Balaban J connectivity index is 0.000000172. The van der Waals surface area contributed by atoms with E-state index in [4.69, 9.17) is 36.7 Å². The molecule has 4 N–H and O–H groups in total. The molecule has 2 aliphatic carbocycles. The highest BCUT2D eigenvalue weighted by Crippen LogP contribution is 2.22. The average Bonchev–Trinajstić information content (AvgIpc) is 2.48. The predicted molar refractivity (Wildman–Crippen MR) is 98.9 cm³/mol.